The van der Waals surface area contributed by atoms with E-state index in [1.807, 2.05) is 29.6 Å². The number of nitrogens with zero attached hydrogens (tertiary/aromatic N) is 1. The Hall–Kier alpha value is -1.20. The number of carbonyl (C=O) groups excluding carboxylic acids is 1. The van der Waals surface area contributed by atoms with E-state index in [1.54, 1.807) is 0 Å². The zero-order valence-electron chi connectivity index (χ0n) is 10.2. The summed E-state index contributed by atoms with van der Waals surface area (Å²) in [7, 11) is 0. The number of hydrogen-bond acceptors (Lipinski definition) is 3. The first-order valence-electron chi connectivity index (χ1n) is 6.25. The van der Waals surface area contributed by atoms with E-state index >= 15 is 0 Å². The Morgan fingerprint density at radius 2 is 2.26 bits per heavy atom. The highest BCUT2D eigenvalue weighted by Crippen LogP contribution is 2.30. The first-order chi connectivity index (χ1) is 9.22. The number of aromatic nitrogens is 1. The van der Waals surface area contributed by atoms with E-state index in [9.17, 15) is 4.79 Å². The van der Waals surface area contributed by atoms with Crippen molar-refractivity contribution in [3.8, 4) is 11.3 Å². The minimum atomic E-state index is 0.112. The van der Waals surface area contributed by atoms with E-state index in [2.05, 4.69) is 26.2 Å². The molecule has 0 atom stereocenters. The number of halogens is 1. The lowest BCUT2D eigenvalue weighted by molar-refractivity contribution is -0.122. The molecule has 0 radical (unpaired) electrons. The molecule has 5 heteroatoms. The van der Waals surface area contributed by atoms with Crippen LogP contribution in [0.5, 0.6) is 0 Å². The van der Waals surface area contributed by atoms with Crippen molar-refractivity contribution in [3.63, 3.8) is 0 Å². The van der Waals surface area contributed by atoms with Gasteiger partial charge < -0.3 is 5.32 Å². The maximum atomic E-state index is 11.8. The van der Waals surface area contributed by atoms with Gasteiger partial charge in [-0.3, -0.25) is 4.79 Å². The summed E-state index contributed by atoms with van der Waals surface area (Å²) in [5.41, 5.74) is 1.95. The Morgan fingerprint density at radius 1 is 1.42 bits per heavy atom. The van der Waals surface area contributed by atoms with Crippen molar-refractivity contribution in [1.82, 2.24) is 4.98 Å². The monoisotopic (exact) mass is 336 g/mol. The van der Waals surface area contributed by atoms with Crippen molar-refractivity contribution in [2.45, 2.75) is 19.3 Å². The summed E-state index contributed by atoms with van der Waals surface area (Å²) >= 11 is 4.92. The van der Waals surface area contributed by atoms with Crippen molar-refractivity contribution in [3.05, 3.63) is 34.1 Å². The van der Waals surface area contributed by atoms with Gasteiger partial charge in [0.2, 0.25) is 5.91 Å². The quantitative estimate of drug-likeness (QED) is 0.907. The fourth-order valence-corrected chi connectivity index (χ4v) is 3.11. The lowest BCUT2D eigenvalue weighted by Crippen LogP contribution is -2.27. The molecule has 98 valence electrons. The SMILES string of the molecule is O=C(Nc1nc(-c2cccc(Br)c2)cs1)C1CCC1. The van der Waals surface area contributed by atoms with Crippen LogP contribution in [0.1, 0.15) is 19.3 Å². The summed E-state index contributed by atoms with van der Waals surface area (Å²) < 4.78 is 1.03. The molecule has 0 saturated heterocycles. The largest absolute Gasteiger partial charge is 0.302 e. The van der Waals surface area contributed by atoms with Gasteiger partial charge in [-0.2, -0.15) is 0 Å². The summed E-state index contributed by atoms with van der Waals surface area (Å²) in [6, 6.07) is 7.99. The lowest BCUT2D eigenvalue weighted by Gasteiger charge is -2.23. The summed E-state index contributed by atoms with van der Waals surface area (Å²) in [5, 5.41) is 5.56. The van der Waals surface area contributed by atoms with Crippen molar-refractivity contribution >= 4 is 38.3 Å². The molecule has 0 bridgehead atoms. The van der Waals surface area contributed by atoms with Gasteiger partial charge >= 0.3 is 0 Å². The number of thiazole rings is 1. The fourth-order valence-electron chi connectivity index (χ4n) is 1.99. The predicted octanol–water partition coefficient (Wildman–Crippen LogP) is 4.31. The second kappa shape index (κ2) is 5.43. The lowest BCUT2D eigenvalue weighted by atomic mass is 9.85. The number of nitrogens with one attached hydrogen (secondary N) is 1. The van der Waals surface area contributed by atoms with Gasteiger partial charge in [0.05, 0.1) is 5.69 Å². The van der Waals surface area contributed by atoms with Gasteiger partial charge in [0.1, 0.15) is 0 Å². The maximum Gasteiger partial charge on any atom is 0.229 e. The molecule has 2 aromatic rings. The van der Waals surface area contributed by atoms with Crippen LogP contribution in [0.3, 0.4) is 0 Å². The third-order valence-electron chi connectivity index (χ3n) is 3.33. The number of anilines is 1. The summed E-state index contributed by atoms with van der Waals surface area (Å²) in [6.45, 7) is 0. The Labute approximate surface area is 124 Å². The predicted molar refractivity (Wildman–Crippen MR) is 81.2 cm³/mol. The molecule has 19 heavy (non-hydrogen) atoms. The van der Waals surface area contributed by atoms with Crippen LogP contribution in [0, 0.1) is 5.92 Å². The Kier molecular flexibility index (Phi) is 3.66. The highest BCUT2D eigenvalue weighted by molar-refractivity contribution is 9.10. The average molecular weight is 337 g/mol. The minimum Gasteiger partial charge on any atom is -0.302 e. The van der Waals surface area contributed by atoms with Gasteiger partial charge in [-0.1, -0.05) is 34.5 Å². The molecular weight excluding hydrogens is 324 g/mol. The minimum absolute atomic E-state index is 0.112. The van der Waals surface area contributed by atoms with Crippen LogP contribution >= 0.6 is 27.3 Å². The maximum absolute atomic E-state index is 11.8. The standard InChI is InChI=1S/C14H13BrN2OS/c15-11-6-2-5-10(7-11)12-8-19-14(16-12)17-13(18)9-3-1-4-9/h2,5-9H,1,3-4H2,(H,16,17,18). The van der Waals surface area contributed by atoms with Gasteiger partial charge in [-0.25, -0.2) is 4.98 Å². The molecule has 3 nitrogen and oxygen atoms in total. The van der Waals surface area contributed by atoms with Crippen molar-refractivity contribution < 1.29 is 4.79 Å². The second-order valence-corrected chi connectivity index (χ2v) is 6.44. The topological polar surface area (TPSA) is 42.0 Å². The number of carbonyl (C=O) groups is 1. The number of hydrogen-bond donors (Lipinski definition) is 1. The van der Waals surface area contributed by atoms with Crippen molar-refractivity contribution in [2.75, 3.05) is 5.32 Å². The van der Waals surface area contributed by atoms with Crippen molar-refractivity contribution in [2.24, 2.45) is 5.92 Å². The fraction of sp³-hybridized carbons (Fsp3) is 0.286. The molecular formula is C14H13BrN2OS. The normalized spacial score (nSPS) is 15.0. The number of rotatable bonds is 3. The first-order valence-corrected chi connectivity index (χ1v) is 7.92. The van der Waals surface area contributed by atoms with Gasteiger partial charge in [0, 0.05) is 21.3 Å². The van der Waals surface area contributed by atoms with E-state index in [0.29, 0.717) is 5.13 Å². The molecule has 1 N–H and O–H groups in total. The number of benzene rings is 1. The van der Waals surface area contributed by atoms with Gasteiger partial charge in [0.25, 0.3) is 0 Å². The van der Waals surface area contributed by atoms with Crippen LogP contribution < -0.4 is 5.32 Å². The zero-order valence-corrected chi connectivity index (χ0v) is 12.6. The summed E-state index contributed by atoms with van der Waals surface area (Å²) in [6.07, 6.45) is 3.19. The van der Waals surface area contributed by atoms with Crippen molar-refractivity contribution in [1.29, 1.82) is 0 Å². The van der Waals surface area contributed by atoms with Crippen LogP contribution in [-0.4, -0.2) is 10.9 Å². The van der Waals surface area contributed by atoms with E-state index in [4.69, 9.17) is 0 Å². The molecule has 1 saturated carbocycles. The zero-order chi connectivity index (χ0) is 13.2. The smallest absolute Gasteiger partial charge is 0.229 e. The summed E-state index contributed by atoms with van der Waals surface area (Å²) in [5.74, 6) is 0.305. The third-order valence-corrected chi connectivity index (χ3v) is 4.58. The highest BCUT2D eigenvalue weighted by atomic mass is 79.9. The van der Waals surface area contributed by atoms with E-state index in [1.165, 1.54) is 17.8 Å². The third kappa shape index (κ3) is 2.87. The molecule has 1 fully saturated rings. The summed E-state index contributed by atoms with van der Waals surface area (Å²) in [4.78, 5) is 16.3. The molecule has 1 heterocycles. The van der Waals surface area contributed by atoms with Crippen LogP contribution in [0.2, 0.25) is 0 Å². The molecule has 1 aromatic carbocycles. The average Bonchev–Trinajstić information content (AvgIpc) is 2.75. The van der Waals surface area contributed by atoms with Crippen LogP contribution in [0.25, 0.3) is 11.3 Å². The molecule has 1 aliphatic carbocycles. The molecule has 0 aliphatic heterocycles. The molecule has 1 aromatic heterocycles. The van der Waals surface area contributed by atoms with Crippen LogP contribution in [0.4, 0.5) is 5.13 Å². The van der Waals surface area contributed by atoms with Gasteiger partial charge in [-0.15, -0.1) is 11.3 Å². The Balaban J connectivity index is 1.74. The first kappa shape index (κ1) is 12.8. The number of amides is 1. The molecule has 0 unspecified atom stereocenters. The Bertz CT molecular complexity index is 607. The van der Waals surface area contributed by atoms with Crippen LogP contribution in [0.15, 0.2) is 34.1 Å². The molecule has 1 amide bonds. The van der Waals surface area contributed by atoms with E-state index in [-0.39, 0.29) is 11.8 Å². The second-order valence-electron chi connectivity index (χ2n) is 4.67. The molecule has 3 rings (SSSR count). The van der Waals surface area contributed by atoms with Gasteiger partial charge in [-0.05, 0) is 25.0 Å². The molecule has 0 spiro atoms. The van der Waals surface area contributed by atoms with E-state index in [0.717, 1.165) is 28.6 Å². The molecule has 1 aliphatic rings. The highest BCUT2D eigenvalue weighted by Gasteiger charge is 2.25. The van der Waals surface area contributed by atoms with Gasteiger partial charge in [0.15, 0.2) is 5.13 Å². The van der Waals surface area contributed by atoms with Crippen LogP contribution in [-0.2, 0) is 4.79 Å². The van der Waals surface area contributed by atoms with E-state index < -0.39 is 0 Å². The Morgan fingerprint density at radius 3 is 2.95 bits per heavy atom.